The molecule has 0 amide bonds. The van der Waals surface area contributed by atoms with Crippen molar-refractivity contribution in [3.8, 4) is 0 Å². The fraction of sp³-hybridized carbons (Fsp3) is 0.353. The highest BCUT2D eigenvalue weighted by Gasteiger charge is 2.20. The van der Waals surface area contributed by atoms with Gasteiger partial charge in [0.05, 0.1) is 12.2 Å². The molecule has 2 heterocycles. The van der Waals surface area contributed by atoms with Crippen LogP contribution in [0, 0.1) is 6.92 Å². The fourth-order valence-corrected chi connectivity index (χ4v) is 3.64. The van der Waals surface area contributed by atoms with Crippen LogP contribution >= 0.6 is 11.3 Å². The summed E-state index contributed by atoms with van der Waals surface area (Å²) >= 11 is 1.81. The van der Waals surface area contributed by atoms with Gasteiger partial charge in [0.2, 0.25) is 0 Å². The Bertz CT molecular complexity index is 767. The first-order valence-corrected chi connectivity index (χ1v) is 8.39. The van der Waals surface area contributed by atoms with Crippen LogP contribution < -0.4 is 5.32 Å². The van der Waals surface area contributed by atoms with Gasteiger partial charge < -0.3 is 5.32 Å². The van der Waals surface area contributed by atoms with Gasteiger partial charge in [-0.15, -0.1) is 11.3 Å². The van der Waals surface area contributed by atoms with Crippen molar-refractivity contribution in [2.24, 2.45) is 0 Å². The quantitative estimate of drug-likeness (QED) is 0.778. The van der Waals surface area contributed by atoms with E-state index in [-0.39, 0.29) is 0 Å². The number of aromatic nitrogens is 2. The van der Waals surface area contributed by atoms with Gasteiger partial charge in [-0.3, -0.25) is 4.68 Å². The SMILES string of the molecule is Cc1nn(Cc2csc3ccccc23)cc1CNC1CC1. The van der Waals surface area contributed by atoms with E-state index in [0.717, 1.165) is 24.8 Å². The fourth-order valence-electron chi connectivity index (χ4n) is 2.69. The molecule has 0 spiro atoms. The van der Waals surface area contributed by atoms with Crippen LogP contribution in [0.5, 0.6) is 0 Å². The lowest BCUT2D eigenvalue weighted by atomic mass is 10.2. The summed E-state index contributed by atoms with van der Waals surface area (Å²) in [4.78, 5) is 0. The van der Waals surface area contributed by atoms with Gasteiger partial charge in [0.15, 0.2) is 0 Å². The van der Waals surface area contributed by atoms with E-state index < -0.39 is 0 Å². The van der Waals surface area contributed by atoms with E-state index in [9.17, 15) is 0 Å². The van der Waals surface area contributed by atoms with Gasteiger partial charge in [-0.1, -0.05) is 18.2 Å². The van der Waals surface area contributed by atoms with Gasteiger partial charge in [-0.2, -0.15) is 5.10 Å². The van der Waals surface area contributed by atoms with E-state index in [0.29, 0.717) is 0 Å². The maximum atomic E-state index is 4.67. The second kappa shape index (κ2) is 5.28. The maximum Gasteiger partial charge on any atom is 0.0673 e. The standard InChI is InChI=1S/C17H19N3S/c1-12-13(8-18-15-6-7-15)9-20(19-12)10-14-11-21-17-5-3-2-4-16(14)17/h2-5,9,11,15,18H,6-8,10H2,1H3. The molecule has 21 heavy (non-hydrogen) atoms. The molecule has 0 aliphatic heterocycles. The van der Waals surface area contributed by atoms with Crippen molar-refractivity contribution >= 4 is 21.4 Å². The summed E-state index contributed by atoms with van der Waals surface area (Å²) in [5.74, 6) is 0. The highest BCUT2D eigenvalue weighted by molar-refractivity contribution is 7.17. The first kappa shape index (κ1) is 13.0. The van der Waals surface area contributed by atoms with Crippen molar-refractivity contribution in [3.63, 3.8) is 0 Å². The van der Waals surface area contributed by atoms with E-state index in [1.165, 1.54) is 34.1 Å². The normalized spacial score (nSPS) is 14.9. The number of hydrogen-bond donors (Lipinski definition) is 1. The van der Waals surface area contributed by atoms with Gasteiger partial charge in [0, 0.05) is 29.0 Å². The molecular weight excluding hydrogens is 278 g/mol. The van der Waals surface area contributed by atoms with Crippen LogP contribution in [0.4, 0.5) is 0 Å². The van der Waals surface area contributed by atoms with Crippen LogP contribution in [0.2, 0.25) is 0 Å². The van der Waals surface area contributed by atoms with Crippen LogP contribution in [0.3, 0.4) is 0 Å². The molecule has 2 aromatic heterocycles. The summed E-state index contributed by atoms with van der Waals surface area (Å²) in [6.07, 6.45) is 4.85. The van der Waals surface area contributed by atoms with Gasteiger partial charge in [0.1, 0.15) is 0 Å². The summed E-state index contributed by atoms with van der Waals surface area (Å²) < 4.78 is 3.43. The van der Waals surface area contributed by atoms with Crippen LogP contribution in [0.15, 0.2) is 35.8 Å². The lowest BCUT2D eigenvalue weighted by molar-refractivity contribution is 0.676. The molecule has 1 aromatic carbocycles. The van der Waals surface area contributed by atoms with Crippen LogP contribution in [0.25, 0.3) is 10.1 Å². The second-order valence-corrected chi connectivity index (χ2v) is 6.76. The topological polar surface area (TPSA) is 29.9 Å². The third-order valence-electron chi connectivity index (χ3n) is 4.10. The molecule has 0 saturated heterocycles. The summed E-state index contributed by atoms with van der Waals surface area (Å²) in [6, 6.07) is 9.34. The zero-order valence-corrected chi connectivity index (χ0v) is 13.0. The van der Waals surface area contributed by atoms with Crippen molar-refractivity contribution in [2.75, 3.05) is 0 Å². The molecule has 1 fully saturated rings. The first-order chi connectivity index (χ1) is 10.3. The third kappa shape index (κ3) is 2.74. The minimum Gasteiger partial charge on any atom is -0.310 e. The molecule has 0 unspecified atom stereocenters. The molecule has 0 bridgehead atoms. The number of rotatable bonds is 5. The molecule has 3 nitrogen and oxygen atoms in total. The molecule has 108 valence electrons. The summed E-state index contributed by atoms with van der Waals surface area (Å²) in [6.45, 7) is 3.90. The predicted octanol–water partition coefficient (Wildman–Crippen LogP) is 3.71. The Kier molecular flexibility index (Phi) is 3.28. The Hall–Kier alpha value is -1.65. The van der Waals surface area contributed by atoms with E-state index in [4.69, 9.17) is 0 Å². The molecule has 1 saturated carbocycles. The summed E-state index contributed by atoms with van der Waals surface area (Å²) in [7, 11) is 0. The molecule has 1 aliphatic carbocycles. The minimum absolute atomic E-state index is 0.744. The largest absolute Gasteiger partial charge is 0.310 e. The zero-order chi connectivity index (χ0) is 14.2. The second-order valence-electron chi connectivity index (χ2n) is 5.85. The van der Waals surface area contributed by atoms with Crippen molar-refractivity contribution in [3.05, 3.63) is 52.7 Å². The molecule has 4 rings (SSSR count). The Balaban J connectivity index is 1.54. The first-order valence-electron chi connectivity index (χ1n) is 7.51. The van der Waals surface area contributed by atoms with Crippen LogP contribution in [-0.2, 0) is 13.1 Å². The number of thiophene rings is 1. The molecule has 4 heteroatoms. The highest BCUT2D eigenvalue weighted by atomic mass is 32.1. The van der Waals surface area contributed by atoms with Gasteiger partial charge in [-0.25, -0.2) is 0 Å². The Morgan fingerprint density at radius 3 is 3.00 bits per heavy atom. The summed E-state index contributed by atoms with van der Waals surface area (Å²) in [5, 5.41) is 11.8. The van der Waals surface area contributed by atoms with Crippen molar-refractivity contribution in [1.29, 1.82) is 0 Å². The summed E-state index contributed by atoms with van der Waals surface area (Å²) in [5.41, 5.74) is 3.82. The minimum atomic E-state index is 0.744. The number of nitrogens with zero attached hydrogens (tertiary/aromatic N) is 2. The van der Waals surface area contributed by atoms with E-state index in [1.807, 2.05) is 11.3 Å². The van der Waals surface area contributed by atoms with E-state index in [1.54, 1.807) is 0 Å². The van der Waals surface area contributed by atoms with Gasteiger partial charge >= 0.3 is 0 Å². The van der Waals surface area contributed by atoms with Crippen molar-refractivity contribution in [2.45, 2.75) is 38.9 Å². The van der Waals surface area contributed by atoms with Crippen LogP contribution in [-0.4, -0.2) is 15.8 Å². The Morgan fingerprint density at radius 2 is 2.14 bits per heavy atom. The number of benzene rings is 1. The van der Waals surface area contributed by atoms with Crippen molar-refractivity contribution in [1.82, 2.24) is 15.1 Å². The number of aryl methyl sites for hydroxylation is 1. The molecule has 1 aliphatic rings. The number of nitrogens with one attached hydrogen (secondary N) is 1. The average molecular weight is 297 g/mol. The number of fused-ring (bicyclic) bond motifs is 1. The van der Waals surface area contributed by atoms with Crippen LogP contribution in [0.1, 0.15) is 29.7 Å². The lowest BCUT2D eigenvalue weighted by Crippen LogP contribution is -2.15. The highest BCUT2D eigenvalue weighted by Crippen LogP contribution is 2.26. The van der Waals surface area contributed by atoms with Gasteiger partial charge in [-0.05, 0) is 42.2 Å². The number of hydrogen-bond acceptors (Lipinski definition) is 3. The van der Waals surface area contributed by atoms with E-state index >= 15 is 0 Å². The Morgan fingerprint density at radius 1 is 1.29 bits per heavy atom. The predicted molar refractivity (Wildman–Crippen MR) is 87.8 cm³/mol. The van der Waals surface area contributed by atoms with E-state index in [2.05, 4.69) is 57.9 Å². The maximum absolute atomic E-state index is 4.67. The Labute approximate surface area is 128 Å². The molecule has 0 radical (unpaired) electrons. The average Bonchev–Trinajstić information content (AvgIpc) is 3.14. The third-order valence-corrected chi connectivity index (χ3v) is 5.11. The van der Waals surface area contributed by atoms with Gasteiger partial charge in [0.25, 0.3) is 0 Å². The lowest BCUT2D eigenvalue weighted by Gasteiger charge is -2.01. The molecule has 0 atom stereocenters. The molecular formula is C17H19N3S. The zero-order valence-electron chi connectivity index (χ0n) is 12.2. The monoisotopic (exact) mass is 297 g/mol. The molecule has 3 aromatic rings. The molecule has 1 N–H and O–H groups in total. The van der Waals surface area contributed by atoms with Crippen molar-refractivity contribution < 1.29 is 0 Å². The smallest absolute Gasteiger partial charge is 0.0673 e.